The van der Waals surface area contributed by atoms with Crippen LogP contribution in [0.1, 0.15) is 91.4 Å². The Hall–Kier alpha value is -0.610. The highest BCUT2D eigenvalue weighted by Crippen LogP contribution is 2.23. The van der Waals surface area contributed by atoms with E-state index in [0.717, 1.165) is 26.1 Å². The van der Waals surface area contributed by atoms with E-state index in [1.165, 1.54) is 70.6 Å². The van der Waals surface area contributed by atoms with Gasteiger partial charge >= 0.3 is 0 Å². The standard InChI is InChI=1S/C18H35NO.C2H4O2/c1-16-14-19(15-17(2)20-16)18-12-10-8-6-4-3-5-7-9-11-13-18;1-2(3)4/h16-18H,3-15H2,1-2H3;1H3,(H,3,4)/t16-,17+;. The molecule has 2 aliphatic rings. The van der Waals surface area contributed by atoms with Crippen LogP contribution in [0.15, 0.2) is 0 Å². The van der Waals surface area contributed by atoms with Crippen molar-refractivity contribution < 1.29 is 14.6 Å². The molecular weight excluding hydrogens is 302 g/mol. The quantitative estimate of drug-likeness (QED) is 0.740. The van der Waals surface area contributed by atoms with Gasteiger partial charge in [-0.15, -0.1) is 0 Å². The summed E-state index contributed by atoms with van der Waals surface area (Å²) in [6, 6.07) is 0.822. The average molecular weight is 342 g/mol. The zero-order valence-electron chi connectivity index (χ0n) is 16.1. The van der Waals surface area contributed by atoms with Crippen molar-refractivity contribution in [3.8, 4) is 0 Å². The summed E-state index contributed by atoms with van der Waals surface area (Å²) < 4.78 is 5.90. The maximum absolute atomic E-state index is 9.00. The molecule has 2 atom stereocenters. The molecule has 2 rings (SSSR count). The lowest BCUT2D eigenvalue weighted by atomic mass is 9.96. The van der Waals surface area contributed by atoms with Gasteiger partial charge in [-0.1, -0.05) is 57.8 Å². The third-order valence-electron chi connectivity index (χ3n) is 5.04. The topological polar surface area (TPSA) is 49.8 Å². The first-order valence-corrected chi connectivity index (χ1v) is 10.1. The van der Waals surface area contributed by atoms with Gasteiger partial charge in [-0.3, -0.25) is 9.69 Å². The first kappa shape index (κ1) is 21.4. The molecule has 0 spiro atoms. The molecule has 1 aliphatic carbocycles. The fourth-order valence-electron chi connectivity index (χ4n) is 4.02. The van der Waals surface area contributed by atoms with E-state index in [0.29, 0.717) is 12.2 Å². The lowest BCUT2D eigenvalue weighted by Gasteiger charge is -2.40. The van der Waals surface area contributed by atoms with Crippen molar-refractivity contribution in [3.05, 3.63) is 0 Å². The molecule has 1 heterocycles. The Labute approximate surface area is 148 Å². The van der Waals surface area contributed by atoms with Crippen LogP contribution in [-0.4, -0.2) is 47.3 Å². The van der Waals surface area contributed by atoms with Crippen LogP contribution in [0.2, 0.25) is 0 Å². The minimum atomic E-state index is -0.833. The number of ether oxygens (including phenoxy) is 1. The van der Waals surface area contributed by atoms with Gasteiger partial charge in [0, 0.05) is 26.1 Å². The zero-order chi connectivity index (χ0) is 17.8. The first-order valence-electron chi connectivity index (χ1n) is 10.1. The maximum atomic E-state index is 9.00. The number of carboxylic acid groups (broad SMARTS) is 1. The van der Waals surface area contributed by atoms with Crippen LogP contribution in [0.25, 0.3) is 0 Å². The molecular formula is C20H39NO3. The summed E-state index contributed by atoms with van der Waals surface area (Å²) in [7, 11) is 0. The van der Waals surface area contributed by atoms with Crippen LogP contribution in [-0.2, 0) is 9.53 Å². The molecule has 0 radical (unpaired) electrons. The van der Waals surface area contributed by atoms with Gasteiger partial charge in [-0.25, -0.2) is 0 Å². The summed E-state index contributed by atoms with van der Waals surface area (Å²) in [6.07, 6.45) is 16.8. The smallest absolute Gasteiger partial charge is 0.300 e. The first-order chi connectivity index (χ1) is 11.5. The summed E-state index contributed by atoms with van der Waals surface area (Å²) in [5.74, 6) is -0.833. The Balaban J connectivity index is 0.000000648. The Bertz CT molecular complexity index is 309. The summed E-state index contributed by atoms with van der Waals surface area (Å²) in [5, 5.41) is 7.42. The van der Waals surface area contributed by atoms with E-state index < -0.39 is 5.97 Å². The zero-order valence-corrected chi connectivity index (χ0v) is 16.1. The highest BCUT2D eigenvalue weighted by Gasteiger charge is 2.27. The molecule has 0 aromatic carbocycles. The highest BCUT2D eigenvalue weighted by atomic mass is 16.5. The molecule has 1 saturated heterocycles. The van der Waals surface area contributed by atoms with E-state index in [-0.39, 0.29) is 0 Å². The van der Waals surface area contributed by atoms with Crippen molar-refractivity contribution in [2.45, 2.75) is 110 Å². The van der Waals surface area contributed by atoms with Gasteiger partial charge in [0.05, 0.1) is 12.2 Å². The third kappa shape index (κ3) is 10.3. The molecule has 1 N–H and O–H groups in total. The van der Waals surface area contributed by atoms with Gasteiger partial charge in [0.15, 0.2) is 0 Å². The monoisotopic (exact) mass is 341 g/mol. The van der Waals surface area contributed by atoms with E-state index in [4.69, 9.17) is 14.6 Å². The van der Waals surface area contributed by atoms with Gasteiger partial charge in [0.2, 0.25) is 0 Å². The second-order valence-corrected chi connectivity index (χ2v) is 7.64. The summed E-state index contributed by atoms with van der Waals surface area (Å²) >= 11 is 0. The van der Waals surface area contributed by atoms with Crippen molar-refractivity contribution >= 4 is 5.97 Å². The van der Waals surface area contributed by atoms with Crippen molar-refractivity contribution in [2.75, 3.05) is 13.1 Å². The Morgan fingerprint density at radius 3 is 1.54 bits per heavy atom. The number of aliphatic carboxylic acids is 1. The molecule has 4 heteroatoms. The largest absolute Gasteiger partial charge is 0.481 e. The summed E-state index contributed by atoms with van der Waals surface area (Å²) in [6.45, 7) is 7.85. The van der Waals surface area contributed by atoms with Gasteiger partial charge in [-0.05, 0) is 26.7 Å². The van der Waals surface area contributed by atoms with Crippen LogP contribution in [0.4, 0.5) is 0 Å². The molecule has 0 bridgehead atoms. The van der Waals surface area contributed by atoms with E-state index in [1.807, 2.05) is 0 Å². The highest BCUT2D eigenvalue weighted by molar-refractivity contribution is 5.62. The summed E-state index contributed by atoms with van der Waals surface area (Å²) in [4.78, 5) is 11.7. The number of carbonyl (C=O) groups is 1. The van der Waals surface area contributed by atoms with Crippen LogP contribution in [0, 0.1) is 0 Å². The summed E-state index contributed by atoms with van der Waals surface area (Å²) in [5.41, 5.74) is 0. The second kappa shape index (κ2) is 12.7. The molecule has 24 heavy (non-hydrogen) atoms. The normalized spacial score (nSPS) is 28.8. The van der Waals surface area contributed by atoms with Gasteiger partial charge in [0.1, 0.15) is 0 Å². The van der Waals surface area contributed by atoms with Gasteiger partial charge < -0.3 is 9.84 Å². The molecule has 2 fully saturated rings. The van der Waals surface area contributed by atoms with Gasteiger partial charge in [0.25, 0.3) is 5.97 Å². The fourth-order valence-corrected chi connectivity index (χ4v) is 4.02. The Kier molecular flexibility index (Phi) is 11.4. The number of morpholine rings is 1. The van der Waals surface area contributed by atoms with Crippen molar-refractivity contribution in [2.24, 2.45) is 0 Å². The minimum absolute atomic E-state index is 0.417. The molecule has 0 aromatic heterocycles. The van der Waals surface area contributed by atoms with E-state index >= 15 is 0 Å². The molecule has 1 saturated carbocycles. The number of nitrogens with zero attached hydrogens (tertiary/aromatic N) is 1. The second-order valence-electron chi connectivity index (χ2n) is 7.64. The molecule has 0 unspecified atom stereocenters. The van der Waals surface area contributed by atoms with Crippen LogP contribution >= 0.6 is 0 Å². The predicted octanol–water partition coefficient (Wildman–Crippen LogP) is 4.86. The molecule has 1 aliphatic heterocycles. The fraction of sp³-hybridized carbons (Fsp3) is 0.950. The lowest BCUT2D eigenvalue weighted by Crippen LogP contribution is -2.50. The van der Waals surface area contributed by atoms with Crippen LogP contribution < -0.4 is 0 Å². The maximum Gasteiger partial charge on any atom is 0.300 e. The van der Waals surface area contributed by atoms with Crippen molar-refractivity contribution in [1.82, 2.24) is 4.90 Å². The van der Waals surface area contributed by atoms with Crippen LogP contribution in [0.5, 0.6) is 0 Å². The number of hydrogen-bond donors (Lipinski definition) is 1. The molecule has 0 amide bonds. The Morgan fingerprint density at radius 1 is 0.833 bits per heavy atom. The SMILES string of the molecule is CC(=O)O.C[C@@H]1CN(C2CCCCCCCCCCC2)C[C@H](C)O1. The van der Waals surface area contributed by atoms with Crippen molar-refractivity contribution in [3.63, 3.8) is 0 Å². The van der Waals surface area contributed by atoms with E-state index in [2.05, 4.69) is 18.7 Å². The minimum Gasteiger partial charge on any atom is -0.481 e. The predicted molar refractivity (Wildman–Crippen MR) is 99.5 cm³/mol. The lowest BCUT2D eigenvalue weighted by molar-refractivity contribution is -0.134. The van der Waals surface area contributed by atoms with E-state index in [1.54, 1.807) is 0 Å². The molecule has 4 nitrogen and oxygen atoms in total. The average Bonchev–Trinajstić information content (AvgIpc) is 2.46. The van der Waals surface area contributed by atoms with Crippen molar-refractivity contribution in [1.29, 1.82) is 0 Å². The molecule has 142 valence electrons. The molecule has 0 aromatic rings. The number of rotatable bonds is 1. The third-order valence-corrected chi connectivity index (χ3v) is 5.04. The van der Waals surface area contributed by atoms with Gasteiger partial charge in [-0.2, -0.15) is 0 Å². The van der Waals surface area contributed by atoms with Crippen LogP contribution in [0.3, 0.4) is 0 Å². The number of carboxylic acids is 1. The Morgan fingerprint density at radius 2 is 1.17 bits per heavy atom. The van der Waals surface area contributed by atoms with E-state index in [9.17, 15) is 0 Å². The number of hydrogen-bond acceptors (Lipinski definition) is 3.